The molecule has 7 nitrogen and oxygen atoms in total. The fourth-order valence-corrected chi connectivity index (χ4v) is 3.83. The van der Waals surface area contributed by atoms with Crippen LogP contribution in [0, 0.1) is 13.8 Å². The van der Waals surface area contributed by atoms with Crippen molar-refractivity contribution < 1.29 is 9.32 Å². The van der Waals surface area contributed by atoms with E-state index >= 15 is 0 Å². The number of pyridine rings is 1. The molecular formula is C23H29N5O2. The molecule has 0 bridgehead atoms. The molecule has 3 aromatic rings. The van der Waals surface area contributed by atoms with Crippen LogP contribution < -0.4 is 10.2 Å². The number of hydrogen-bond acceptors (Lipinski definition) is 6. The summed E-state index contributed by atoms with van der Waals surface area (Å²) < 4.78 is 5.34. The number of nitrogens with one attached hydrogen (secondary N) is 1. The van der Waals surface area contributed by atoms with E-state index in [-0.39, 0.29) is 11.8 Å². The quantitative estimate of drug-likeness (QED) is 0.705. The lowest BCUT2D eigenvalue weighted by Gasteiger charge is -2.34. The van der Waals surface area contributed by atoms with Crippen LogP contribution in [-0.4, -0.2) is 54.2 Å². The van der Waals surface area contributed by atoms with Gasteiger partial charge >= 0.3 is 0 Å². The minimum atomic E-state index is -0.175. The Morgan fingerprint density at radius 3 is 2.53 bits per heavy atom. The zero-order chi connectivity index (χ0) is 21.4. The van der Waals surface area contributed by atoms with E-state index in [0.717, 1.165) is 43.1 Å². The van der Waals surface area contributed by atoms with Gasteiger partial charge in [0.15, 0.2) is 0 Å². The first-order valence-corrected chi connectivity index (χ1v) is 10.5. The molecule has 0 saturated carbocycles. The summed E-state index contributed by atoms with van der Waals surface area (Å²) in [4.78, 5) is 22.4. The lowest BCUT2D eigenvalue weighted by molar-refractivity contribution is 0.102. The molecule has 1 amide bonds. The Balaban J connectivity index is 1.60. The molecule has 1 saturated heterocycles. The van der Waals surface area contributed by atoms with Crippen molar-refractivity contribution in [2.45, 2.75) is 33.6 Å². The predicted octanol–water partition coefficient (Wildman–Crippen LogP) is 3.97. The maximum atomic E-state index is 13.2. The van der Waals surface area contributed by atoms with Crippen LogP contribution in [0.5, 0.6) is 0 Å². The van der Waals surface area contributed by atoms with Crippen molar-refractivity contribution in [2.75, 3.05) is 43.4 Å². The Bertz CT molecular complexity index is 1080. The third-order valence-corrected chi connectivity index (χ3v) is 5.80. The first-order chi connectivity index (χ1) is 14.3. The Morgan fingerprint density at radius 2 is 1.87 bits per heavy atom. The van der Waals surface area contributed by atoms with Gasteiger partial charge in [-0.05, 0) is 56.6 Å². The van der Waals surface area contributed by atoms with Crippen molar-refractivity contribution in [3.05, 3.63) is 46.8 Å². The van der Waals surface area contributed by atoms with Gasteiger partial charge in [-0.25, -0.2) is 4.98 Å². The fourth-order valence-electron chi connectivity index (χ4n) is 3.83. The summed E-state index contributed by atoms with van der Waals surface area (Å²) in [6.45, 7) is 12.1. The number of carbonyl (C=O) groups is 1. The summed E-state index contributed by atoms with van der Waals surface area (Å²) in [6.07, 6.45) is 0. The summed E-state index contributed by atoms with van der Waals surface area (Å²) in [7, 11) is 2.15. The molecule has 0 unspecified atom stereocenters. The molecule has 1 fully saturated rings. The Hall–Kier alpha value is -2.93. The normalized spacial score (nSPS) is 15.2. The number of hydrogen-bond donors (Lipinski definition) is 1. The summed E-state index contributed by atoms with van der Waals surface area (Å²) >= 11 is 0. The van der Waals surface area contributed by atoms with Gasteiger partial charge in [0, 0.05) is 43.2 Å². The summed E-state index contributed by atoms with van der Waals surface area (Å²) in [5.74, 6) is 0.00186. The molecule has 0 aliphatic carbocycles. The van der Waals surface area contributed by atoms with Crippen LogP contribution in [0.15, 0.2) is 28.8 Å². The number of fused-ring (bicyclic) bond motifs is 1. The Morgan fingerprint density at radius 1 is 1.13 bits per heavy atom. The SMILES string of the molecule is Cc1cc(N2CCN(C)CC2)ccc1NC(=O)c1cc(C(C)C)nc2onc(C)c12. The van der Waals surface area contributed by atoms with Gasteiger partial charge in [0.05, 0.1) is 16.6 Å². The predicted molar refractivity (Wildman–Crippen MR) is 119 cm³/mol. The molecule has 1 aliphatic rings. The topological polar surface area (TPSA) is 74.5 Å². The van der Waals surface area contributed by atoms with Crippen molar-refractivity contribution in [3.8, 4) is 0 Å². The van der Waals surface area contributed by atoms with Gasteiger partial charge < -0.3 is 19.6 Å². The molecule has 7 heteroatoms. The number of nitrogens with zero attached hydrogens (tertiary/aromatic N) is 4. The average molecular weight is 408 g/mol. The van der Waals surface area contributed by atoms with Gasteiger partial charge in [-0.3, -0.25) is 4.79 Å². The van der Waals surface area contributed by atoms with Gasteiger partial charge in [0.1, 0.15) is 0 Å². The van der Waals surface area contributed by atoms with Crippen molar-refractivity contribution in [1.29, 1.82) is 0 Å². The number of likely N-dealkylation sites (N-methyl/N-ethyl adjacent to an activating group) is 1. The van der Waals surface area contributed by atoms with Gasteiger partial charge in [0.2, 0.25) is 0 Å². The third kappa shape index (κ3) is 3.89. The summed E-state index contributed by atoms with van der Waals surface area (Å²) in [5.41, 5.74) is 5.48. The number of aryl methyl sites for hydroxylation is 2. The highest BCUT2D eigenvalue weighted by Crippen LogP contribution is 2.28. The number of benzene rings is 1. The van der Waals surface area contributed by atoms with Crippen LogP contribution in [0.2, 0.25) is 0 Å². The lowest BCUT2D eigenvalue weighted by atomic mass is 10.0. The van der Waals surface area contributed by atoms with E-state index in [2.05, 4.69) is 44.4 Å². The van der Waals surface area contributed by atoms with Gasteiger partial charge in [-0.1, -0.05) is 19.0 Å². The molecule has 1 N–H and O–H groups in total. The number of piperazine rings is 1. The highest BCUT2D eigenvalue weighted by Gasteiger charge is 2.21. The van der Waals surface area contributed by atoms with E-state index in [4.69, 9.17) is 4.52 Å². The first kappa shape index (κ1) is 20.3. The highest BCUT2D eigenvalue weighted by molar-refractivity contribution is 6.12. The molecular weight excluding hydrogens is 378 g/mol. The summed E-state index contributed by atoms with van der Waals surface area (Å²) in [6, 6.07) is 8.07. The largest absolute Gasteiger partial charge is 0.369 e. The smallest absolute Gasteiger partial charge is 0.259 e. The molecule has 30 heavy (non-hydrogen) atoms. The second-order valence-corrected chi connectivity index (χ2v) is 8.44. The van der Waals surface area contributed by atoms with Crippen LogP contribution in [0.4, 0.5) is 11.4 Å². The zero-order valence-electron chi connectivity index (χ0n) is 18.3. The maximum absolute atomic E-state index is 13.2. The third-order valence-electron chi connectivity index (χ3n) is 5.80. The minimum Gasteiger partial charge on any atom is -0.369 e. The van der Waals surface area contributed by atoms with Crippen molar-refractivity contribution in [2.24, 2.45) is 0 Å². The van der Waals surface area contributed by atoms with Crippen molar-refractivity contribution in [1.82, 2.24) is 15.0 Å². The molecule has 1 aromatic carbocycles. The average Bonchev–Trinajstić information content (AvgIpc) is 3.10. The van der Waals surface area contributed by atoms with Crippen LogP contribution in [0.1, 0.15) is 47.1 Å². The number of amides is 1. The molecule has 2 aromatic heterocycles. The second-order valence-electron chi connectivity index (χ2n) is 8.44. The van der Waals surface area contributed by atoms with Gasteiger partial charge in [-0.15, -0.1) is 0 Å². The van der Waals surface area contributed by atoms with Crippen molar-refractivity contribution >= 4 is 28.4 Å². The van der Waals surface area contributed by atoms with Gasteiger partial charge in [-0.2, -0.15) is 0 Å². The maximum Gasteiger partial charge on any atom is 0.259 e. The molecule has 158 valence electrons. The molecule has 3 heterocycles. The first-order valence-electron chi connectivity index (χ1n) is 10.5. The lowest BCUT2D eigenvalue weighted by Crippen LogP contribution is -2.44. The van der Waals surface area contributed by atoms with E-state index in [9.17, 15) is 4.79 Å². The standard InChI is InChI=1S/C23H29N5O2/c1-14(2)20-13-18(21-16(4)26-30-23(21)25-20)22(29)24-19-7-6-17(12-15(19)3)28-10-8-27(5)9-11-28/h6-7,12-14H,8-11H2,1-5H3,(H,24,29). The van der Waals surface area contributed by atoms with E-state index in [1.807, 2.05) is 39.8 Å². The summed E-state index contributed by atoms with van der Waals surface area (Å²) in [5, 5.41) is 7.75. The van der Waals surface area contributed by atoms with E-state index in [1.165, 1.54) is 5.69 Å². The highest BCUT2D eigenvalue weighted by atomic mass is 16.5. The molecule has 0 atom stereocenters. The molecule has 1 aliphatic heterocycles. The van der Waals surface area contributed by atoms with Crippen molar-refractivity contribution in [3.63, 3.8) is 0 Å². The van der Waals surface area contributed by atoms with Crippen LogP contribution in [-0.2, 0) is 0 Å². The number of aromatic nitrogens is 2. The van der Waals surface area contributed by atoms with E-state index in [1.54, 1.807) is 0 Å². The second kappa shape index (κ2) is 8.07. The number of carbonyl (C=O) groups excluding carboxylic acids is 1. The van der Waals surface area contributed by atoms with E-state index < -0.39 is 0 Å². The van der Waals surface area contributed by atoms with Gasteiger partial charge in [0.25, 0.3) is 11.6 Å². The van der Waals surface area contributed by atoms with Crippen LogP contribution in [0.3, 0.4) is 0 Å². The van der Waals surface area contributed by atoms with E-state index in [0.29, 0.717) is 22.4 Å². The fraction of sp³-hybridized carbons (Fsp3) is 0.435. The van der Waals surface area contributed by atoms with Crippen LogP contribution in [0.25, 0.3) is 11.1 Å². The number of anilines is 2. The minimum absolute atomic E-state index is 0.175. The zero-order valence-corrected chi connectivity index (χ0v) is 18.3. The Labute approximate surface area is 177 Å². The number of rotatable bonds is 4. The Kier molecular flexibility index (Phi) is 5.47. The molecule has 4 rings (SSSR count). The molecule has 0 radical (unpaired) electrons. The van der Waals surface area contributed by atoms with Crippen LogP contribution >= 0.6 is 0 Å². The molecule has 0 spiro atoms. The monoisotopic (exact) mass is 407 g/mol.